The molecule has 6 heteroatoms. The lowest BCUT2D eigenvalue weighted by atomic mass is 9.78. The maximum Gasteiger partial charge on any atom is 0.387 e. The smallest absolute Gasteiger partial charge is 0.387 e. The van der Waals surface area contributed by atoms with E-state index in [1.807, 2.05) is 0 Å². The zero-order valence-corrected chi connectivity index (χ0v) is 13.2. The third-order valence-electron chi connectivity index (χ3n) is 4.81. The van der Waals surface area contributed by atoms with E-state index in [-0.39, 0.29) is 5.75 Å². The summed E-state index contributed by atoms with van der Waals surface area (Å²) in [6.45, 7) is 1.97. The Labute approximate surface area is 134 Å². The van der Waals surface area contributed by atoms with Crippen LogP contribution in [0.3, 0.4) is 0 Å². The van der Waals surface area contributed by atoms with E-state index in [9.17, 15) is 8.78 Å². The maximum atomic E-state index is 12.5. The Morgan fingerprint density at radius 2 is 2.05 bits per heavy atom. The molecule has 2 heterocycles. The molecule has 0 aliphatic carbocycles. The minimum atomic E-state index is -2.81. The second kappa shape index (κ2) is 6.69. The molecule has 1 aromatic carbocycles. The van der Waals surface area contributed by atoms with Gasteiger partial charge in [0, 0.05) is 23.7 Å². The van der Waals surface area contributed by atoms with Crippen LogP contribution in [0.5, 0.6) is 5.75 Å². The van der Waals surface area contributed by atoms with Crippen molar-refractivity contribution in [2.75, 3.05) is 26.2 Å². The first-order valence-corrected chi connectivity index (χ1v) is 8.10. The van der Waals surface area contributed by atoms with Crippen LogP contribution in [0, 0.1) is 5.41 Å². The van der Waals surface area contributed by atoms with Crippen molar-refractivity contribution in [1.82, 2.24) is 10.2 Å². The number of nitrogens with zero attached hydrogens (tertiary/aromatic N) is 1. The number of ether oxygens (including phenoxy) is 1. The molecular formula is C16H21ClF2N2O. The molecule has 122 valence electrons. The topological polar surface area (TPSA) is 24.5 Å². The first-order chi connectivity index (χ1) is 10.6. The Morgan fingerprint density at radius 1 is 1.27 bits per heavy atom. The number of benzene rings is 1. The number of hydrogen-bond acceptors (Lipinski definition) is 3. The van der Waals surface area contributed by atoms with Gasteiger partial charge in [0.2, 0.25) is 0 Å². The Bertz CT molecular complexity index is 521. The van der Waals surface area contributed by atoms with Gasteiger partial charge in [0.1, 0.15) is 5.75 Å². The summed E-state index contributed by atoms with van der Waals surface area (Å²) < 4.78 is 29.7. The summed E-state index contributed by atoms with van der Waals surface area (Å²) in [5, 5.41) is 3.95. The number of halogens is 3. The fourth-order valence-corrected chi connectivity index (χ4v) is 3.85. The van der Waals surface area contributed by atoms with Crippen LogP contribution in [0.25, 0.3) is 0 Å². The van der Waals surface area contributed by atoms with Crippen molar-refractivity contribution in [2.45, 2.75) is 32.4 Å². The highest BCUT2D eigenvalue weighted by atomic mass is 35.5. The van der Waals surface area contributed by atoms with Crippen molar-refractivity contribution in [3.05, 3.63) is 28.8 Å². The van der Waals surface area contributed by atoms with Crippen LogP contribution in [0.1, 0.15) is 24.8 Å². The first-order valence-electron chi connectivity index (χ1n) is 7.73. The average Bonchev–Trinajstić information content (AvgIpc) is 2.85. The molecule has 1 N–H and O–H groups in total. The number of hydrogen-bond donors (Lipinski definition) is 1. The molecule has 0 atom stereocenters. The van der Waals surface area contributed by atoms with E-state index in [4.69, 9.17) is 11.6 Å². The van der Waals surface area contributed by atoms with Gasteiger partial charge in [-0.3, -0.25) is 4.90 Å². The highest BCUT2D eigenvalue weighted by Gasteiger charge is 2.38. The Hall–Kier alpha value is -0.910. The zero-order valence-electron chi connectivity index (χ0n) is 12.5. The van der Waals surface area contributed by atoms with Crippen LogP contribution in [0.15, 0.2) is 18.2 Å². The number of rotatable bonds is 4. The molecule has 2 saturated heterocycles. The molecular weight excluding hydrogens is 310 g/mol. The summed E-state index contributed by atoms with van der Waals surface area (Å²) in [4.78, 5) is 2.33. The molecule has 0 unspecified atom stereocenters. The normalized spacial score (nSPS) is 21.6. The van der Waals surface area contributed by atoms with E-state index in [1.165, 1.54) is 25.3 Å². The summed E-state index contributed by atoms with van der Waals surface area (Å²) in [6, 6.07) is 4.84. The third-order valence-corrected chi connectivity index (χ3v) is 5.05. The maximum absolute atomic E-state index is 12.5. The molecule has 0 amide bonds. The molecule has 22 heavy (non-hydrogen) atoms. The van der Waals surface area contributed by atoms with Crippen LogP contribution in [0.2, 0.25) is 5.02 Å². The molecule has 0 aromatic heterocycles. The van der Waals surface area contributed by atoms with Gasteiger partial charge in [-0.1, -0.05) is 11.6 Å². The number of piperidine rings is 1. The van der Waals surface area contributed by atoms with Crippen molar-refractivity contribution < 1.29 is 13.5 Å². The molecule has 2 fully saturated rings. The van der Waals surface area contributed by atoms with E-state index in [2.05, 4.69) is 15.0 Å². The lowest BCUT2D eigenvalue weighted by molar-refractivity contribution is -0.0507. The molecule has 0 radical (unpaired) electrons. The molecule has 1 spiro atoms. The molecule has 3 rings (SSSR count). The zero-order chi connectivity index (χ0) is 15.6. The van der Waals surface area contributed by atoms with Crippen LogP contribution in [-0.2, 0) is 6.54 Å². The third kappa shape index (κ3) is 3.70. The van der Waals surface area contributed by atoms with Crippen molar-refractivity contribution >= 4 is 11.6 Å². The molecule has 1 aromatic rings. The van der Waals surface area contributed by atoms with Crippen LogP contribution >= 0.6 is 11.6 Å². The summed E-state index contributed by atoms with van der Waals surface area (Å²) >= 11 is 6.01. The number of alkyl halides is 2. The lowest BCUT2D eigenvalue weighted by Gasteiger charge is -2.34. The fraction of sp³-hybridized carbons (Fsp3) is 0.625. The summed E-state index contributed by atoms with van der Waals surface area (Å²) in [7, 11) is 0. The lowest BCUT2D eigenvalue weighted by Crippen LogP contribution is -2.38. The van der Waals surface area contributed by atoms with Gasteiger partial charge < -0.3 is 10.1 Å². The molecule has 3 nitrogen and oxygen atoms in total. The van der Waals surface area contributed by atoms with Gasteiger partial charge in [0.05, 0.1) is 0 Å². The van der Waals surface area contributed by atoms with Gasteiger partial charge in [-0.2, -0.15) is 8.78 Å². The van der Waals surface area contributed by atoms with Gasteiger partial charge in [-0.05, 0) is 62.5 Å². The first kappa shape index (κ1) is 16.0. The molecule has 0 saturated carbocycles. The summed E-state index contributed by atoms with van der Waals surface area (Å²) in [5.41, 5.74) is 1.13. The van der Waals surface area contributed by atoms with E-state index >= 15 is 0 Å². The van der Waals surface area contributed by atoms with Gasteiger partial charge in [0.15, 0.2) is 0 Å². The SMILES string of the molecule is FC(F)Oc1ccc(Cl)cc1CN1CCC2(CCNCC2)C1. The predicted molar refractivity (Wildman–Crippen MR) is 82.5 cm³/mol. The van der Waals surface area contributed by atoms with Crippen LogP contribution in [0.4, 0.5) is 8.78 Å². The molecule has 2 aliphatic heterocycles. The quantitative estimate of drug-likeness (QED) is 0.914. The van der Waals surface area contributed by atoms with E-state index in [0.717, 1.165) is 31.7 Å². The highest BCUT2D eigenvalue weighted by Crippen LogP contribution is 2.39. The average molecular weight is 331 g/mol. The fourth-order valence-electron chi connectivity index (χ4n) is 3.65. The van der Waals surface area contributed by atoms with E-state index in [1.54, 1.807) is 12.1 Å². The van der Waals surface area contributed by atoms with Gasteiger partial charge >= 0.3 is 6.61 Å². The van der Waals surface area contributed by atoms with Crippen LogP contribution < -0.4 is 10.1 Å². The van der Waals surface area contributed by atoms with Crippen LogP contribution in [-0.4, -0.2) is 37.7 Å². The standard InChI is InChI=1S/C16H21ClF2N2O/c17-13-1-2-14(22-15(18)19)12(9-13)10-21-8-5-16(11-21)3-6-20-7-4-16/h1-2,9,15,20H,3-8,10-11H2. The second-order valence-corrected chi connectivity index (χ2v) is 6.78. The van der Waals surface area contributed by atoms with Gasteiger partial charge in [-0.15, -0.1) is 0 Å². The Morgan fingerprint density at radius 3 is 2.77 bits per heavy atom. The van der Waals surface area contributed by atoms with Crippen molar-refractivity contribution in [3.8, 4) is 5.75 Å². The Kier molecular flexibility index (Phi) is 4.85. The monoisotopic (exact) mass is 330 g/mol. The Balaban J connectivity index is 1.69. The predicted octanol–water partition coefficient (Wildman–Crippen LogP) is 3.52. The van der Waals surface area contributed by atoms with Gasteiger partial charge in [0.25, 0.3) is 0 Å². The van der Waals surface area contributed by atoms with Crippen molar-refractivity contribution in [1.29, 1.82) is 0 Å². The largest absolute Gasteiger partial charge is 0.434 e. The molecule has 0 bridgehead atoms. The minimum Gasteiger partial charge on any atom is -0.434 e. The number of nitrogens with one attached hydrogen (secondary N) is 1. The van der Waals surface area contributed by atoms with Crippen molar-refractivity contribution in [2.24, 2.45) is 5.41 Å². The van der Waals surface area contributed by atoms with Gasteiger partial charge in [-0.25, -0.2) is 0 Å². The summed E-state index contributed by atoms with van der Waals surface area (Å²) in [5.74, 6) is 0.227. The molecule has 2 aliphatic rings. The minimum absolute atomic E-state index is 0.227. The van der Waals surface area contributed by atoms with E-state index < -0.39 is 6.61 Å². The van der Waals surface area contributed by atoms with Crippen molar-refractivity contribution in [3.63, 3.8) is 0 Å². The van der Waals surface area contributed by atoms with E-state index in [0.29, 0.717) is 17.0 Å². The number of likely N-dealkylation sites (tertiary alicyclic amines) is 1. The second-order valence-electron chi connectivity index (χ2n) is 6.34. The summed E-state index contributed by atoms with van der Waals surface area (Å²) in [6.07, 6.45) is 3.57. The highest BCUT2D eigenvalue weighted by molar-refractivity contribution is 6.30.